The molecular weight excluding hydrogens is 436 g/mol. The molecule has 3 rings (SSSR count). The number of piperazine rings is 1. The van der Waals surface area contributed by atoms with Crippen LogP contribution in [0.1, 0.15) is 5.56 Å². The van der Waals surface area contributed by atoms with E-state index in [-0.39, 0.29) is 11.3 Å². The number of aromatic amines is 1. The molecule has 13 nitrogen and oxygen atoms in total. The second-order valence-electron chi connectivity index (χ2n) is 7.59. The number of nitrogens with one attached hydrogen (secondary N) is 2. The number of aromatic nitrogens is 2. The van der Waals surface area contributed by atoms with Crippen LogP contribution in [-0.4, -0.2) is 75.1 Å². The van der Waals surface area contributed by atoms with E-state index in [9.17, 15) is 34.4 Å². The quantitative estimate of drug-likeness (QED) is 0.334. The molecule has 1 aromatic heterocycles. The van der Waals surface area contributed by atoms with Crippen molar-refractivity contribution in [3.63, 3.8) is 0 Å². The van der Waals surface area contributed by atoms with Gasteiger partial charge in [0, 0.05) is 55.8 Å². The fraction of sp³-hybridized carbons (Fsp3) is 0.400. The van der Waals surface area contributed by atoms with E-state index in [1.807, 2.05) is 4.90 Å². The van der Waals surface area contributed by atoms with E-state index in [2.05, 4.69) is 10.3 Å². The molecule has 2 amide bonds. The maximum atomic E-state index is 12.8. The third kappa shape index (κ3) is 5.63. The number of aryl methyl sites for hydroxylation is 1. The van der Waals surface area contributed by atoms with Gasteiger partial charge in [-0.05, 0) is 19.1 Å². The highest BCUT2D eigenvalue weighted by molar-refractivity contribution is 5.88. The van der Waals surface area contributed by atoms with Gasteiger partial charge >= 0.3 is 5.69 Å². The number of benzene rings is 1. The van der Waals surface area contributed by atoms with Crippen LogP contribution in [0.2, 0.25) is 0 Å². The first kappa shape index (κ1) is 23.7. The summed E-state index contributed by atoms with van der Waals surface area (Å²) in [7, 11) is 0. The van der Waals surface area contributed by atoms with Gasteiger partial charge in [-0.15, -0.1) is 0 Å². The summed E-state index contributed by atoms with van der Waals surface area (Å²) >= 11 is 0. The second-order valence-corrected chi connectivity index (χ2v) is 7.59. The Hall–Kier alpha value is -4.00. The van der Waals surface area contributed by atoms with Gasteiger partial charge in [0.05, 0.1) is 11.5 Å². The second kappa shape index (κ2) is 10.1. The molecule has 176 valence electrons. The number of aliphatic hydroxyl groups is 1. The van der Waals surface area contributed by atoms with Crippen molar-refractivity contribution in [1.29, 1.82) is 0 Å². The van der Waals surface area contributed by atoms with Gasteiger partial charge in [0.2, 0.25) is 11.8 Å². The van der Waals surface area contributed by atoms with Crippen LogP contribution < -0.4 is 21.5 Å². The van der Waals surface area contributed by atoms with E-state index < -0.39 is 47.2 Å². The Kier molecular flexibility index (Phi) is 7.23. The molecule has 13 heteroatoms. The molecule has 0 radical (unpaired) electrons. The Morgan fingerprint density at radius 3 is 2.39 bits per heavy atom. The number of carbonyl (C=O) groups excluding carboxylic acids is 2. The molecule has 1 aliphatic heterocycles. The van der Waals surface area contributed by atoms with Crippen molar-refractivity contribution < 1.29 is 19.6 Å². The lowest BCUT2D eigenvalue weighted by molar-refractivity contribution is -0.384. The number of nitro groups is 1. The minimum atomic E-state index is -1.18. The van der Waals surface area contributed by atoms with Crippen LogP contribution in [0.25, 0.3) is 0 Å². The van der Waals surface area contributed by atoms with Gasteiger partial charge in [-0.1, -0.05) is 0 Å². The summed E-state index contributed by atoms with van der Waals surface area (Å²) < 4.78 is 1.01. The molecule has 1 unspecified atom stereocenters. The minimum absolute atomic E-state index is 0.00613. The first-order valence-electron chi connectivity index (χ1n) is 10.2. The SMILES string of the molecule is Cc1cn(CC(=O)NC(CO)C(=O)N2CCN(c3ccc([N+](=O)[O-])cc3)CC2)c(=O)[nH]c1=O. The lowest BCUT2D eigenvalue weighted by Crippen LogP contribution is -2.56. The summed E-state index contributed by atoms with van der Waals surface area (Å²) in [6.07, 6.45) is 1.24. The van der Waals surface area contributed by atoms with E-state index in [0.29, 0.717) is 26.2 Å². The van der Waals surface area contributed by atoms with Crippen LogP contribution in [0.15, 0.2) is 40.1 Å². The largest absolute Gasteiger partial charge is 0.394 e. The zero-order valence-corrected chi connectivity index (χ0v) is 17.9. The van der Waals surface area contributed by atoms with Crippen molar-refractivity contribution in [3.05, 3.63) is 67.0 Å². The molecule has 1 fully saturated rings. The number of rotatable bonds is 7. The molecule has 1 aliphatic rings. The summed E-state index contributed by atoms with van der Waals surface area (Å²) in [5, 5.41) is 22.8. The monoisotopic (exact) mass is 460 g/mol. The number of anilines is 1. The van der Waals surface area contributed by atoms with E-state index in [1.165, 1.54) is 30.2 Å². The highest BCUT2D eigenvalue weighted by Gasteiger charge is 2.28. The maximum absolute atomic E-state index is 12.8. The molecule has 2 aromatic rings. The topological polar surface area (TPSA) is 171 Å². The Morgan fingerprint density at radius 2 is 1.82 bits per heavy atom. The van der Waals surface area contributed by atoms with Crippen LogP contribution in [0.3, 0.4) is 0 Å². The van der Waals surface area contributed by atoms with Crippen molar-refractivity contribution in [2.45, 2.75) is 19.5 Å². The summed E-state index contributed by atoms with van der Waals surface area (Å²) in [6, 6.07) is 4.95. The smallest absolute Gasteiger partial charge is 0.328 e. The van der Waals surface area contributed by atoms with Crippen molar-refractivity contribution >= 4 is 23.2 Å². The summed E-state index contributed by atoms with van der Waals surface area (Å²) in [5.41, 5.74) is -0.263. The lowest BCUT2D eigenvalue weighted by atomic mass is 10.2. The van der Waals surface area contributed by atoms with Crippen molar-refractivity contribution in [3.8, 4) is 0 Å². The summed E-state index contributed by atoms with van der Waals surface area (Å²) in [4.78, 5) is 64.3. The third-order valence-electron chi connectivity index (χ3n) is 5.34. The molecule has 2 heterocycles. The van der Waals surface area contributed by atoms with E-state index in [4.69, 9.17) is 0 Å². The van der Waals surface area contributed by atoms with Gasteiger partial charge in [0.15, 0.2) is 0 Å². The van der Waals surface area contributed by atoms with Gasteiger partial charge in [-0.25, -0.2) is 4.79 Å². The van der Waals surface area contributed by atoms with Crippen molar-refractivity contribution in [1.82, 2.24) is 19.8 Å². The van der Waals surface area contributed by atoms with E-state index >= 15 is 0 Å². The third-order valence-corrected chi connectivity index (χ3v) is 5.34. The number of carbonyl (C=O) groups is 2. The Morgan fingerprint density at radius 1 is 1.18 bits per heavy atom. The van der Waals surface area contributed by atoms with E-state index in [1.54, 1.807) is 12.1 Å². The number of non-ortho nitro benzene ring substituents is 1. The summed E-state index contributed by atoms with van der Waals surface area (Å²) in [5.74, 6) is -1.13. The summed E-state index contributed by atoms with van der Waals surface area (Å²) in [6.45, 7) is 2.06. The van der Waals surface area contributed by atoms with Crippen molar-refractivity contribution in [2.75, 3.05) is 37.7 Å². The average molecular weight is 460 g/mol. The van der Waals surface area contributed by atoms with E-state index in [0.717, 1.165) is 10.3 Å². The first-order valence-corrected chi connectivity index (χ1v) is 10.2. The number of hydrogen-bond donors (Lipinski definition) is 3. The molecule has 3 N–H and O–H groups in total. The Labute approximate surface area is 187 Å². The Balaban J connectivity index is 1.56. The van der Waals surface area contributed by atoms with Crippen molar-refractivity contribution in [2.24, 2.45) is 0 Å². The number of nitro benzene ring substituents is 1. The van der Waals surface area contributed by atoms with Gasteiger partial charge in [0.1, 0.15) is 12.6 Å². The molecule has 0 saturated carbocycles. The predicted octanol–water partition coefficient (Wildman–Crippen LogP) is -1.42. The van der Waals surface area contributed by atoms with Crippen LogP contribution in [-0.2, 0) is 16.1 Å². The van der Waals surface area contributed by atoms with Gasteiger partial charge in [-0.3, -0.25) is 34.0 Å². The van der Waals surface area contributed by atoms with Crippen LogP contribution in [0.4, 0.5) is 11.4 Å². The molecule has 0 spiro atoms. The number of amides is 2. The Bertz CT molecular complexity index is 1150. The zero-order chi connectivity index (χ0) is 24.1. The number of hydrogen-bond acceptors (Lipinski definition) is 8. The standard InChI is InChI=1S/C20H24N6O7/c1-13-10-25(20(31)22-18(13)29)11-17(28)21-16(12-27)19(30)24-8-6-23(7-9-24)14-2-4-15(5-3-14)26(32)33/h2-5,10,16,27H,6-9,11-12H2,1H3,(H,21,28)(H,22,29,31). The maximum Gasteiger partial charge on any atom is 0.328 e. The predicted molar refractivity (Wildman–Crippen MR) is 117 cm³/mol. The molecule has 1 saturated heterocycles. The lowest BCUT2D eigenvalue weighted by Gasteiger charge is -2.37. The fourth-order valence-electron chi connectivity index (χ4n) is 3.51. The number of aliphatic hydroxyl groups excluding tert-OH is 1. The van der Waals surface area contributed by atoms with Gasteiger partial charge in [-0.2, -0.15) is 0 Å². The molecule has 1 atom stereocenters. The highest BCUT2D eigenvalue weighted by atomic mass is 16.6. The fourth-order valence-corrected chi connectivity index (χ4v) is 3.51. The van der Waals surface area contributed by atoms with Gasteiger partial charge in [0.25, 0.3) is 11.2 Å². The van der Waals surface area contributed by atoms with Gasteiger partial charge < -0.3 is 20.2 Å². The first-order chi connectivity index (χ1) is 15.7. The minimum Gasteiger partial charge on any atom is -0.394 e. The number of H-pyrrole nitrogens is 1. The molecule has 0 aliphatic carbocycles. The zero-order valence-electron chi connectivity index (χ0n) is 17.9. The molecular formula is C20H24N6O7. The van der Waals surface area contributed by atoms with Crippen LogP contribution >= 0.6 is 0 Å². The average Bonchev–Trinajstić information content (AvgIpc) is 2.80. The number of nitrogens with zero attached hydrogens (tertiary/aromatic N) is 4. The molecule has 33 heavy (non-hydrogen) atoms. The molecule has 0 bridgehead atoms. The molecule has 1 aromatic carbocycles. The normalized spacial score (nSPS) is 14.6. The van der Waals surface area contributed by atoms with Crippen LogP contribution in [0, 0.1) is 17.0 Å². The highest BCUT2D eigenvalue weighted by Crippen LogP contribution is 2.20. The van der Waals surface area contributed by atoms with Crippen LogP contribution in [0.5, 0.6) is 0 Å².